The SMILES string of the molecule is O=C(O)C1=C(O)CC(C(=O)O)C=C1O. The summed E-state index contributed by atoms with van der Waals surface area (Å²) < 4.78 is 0. The minimum absolute atomic E-state index is 0.318. The summed E-state index contributed by atoms with van der Waals surface area (Å²) in [5.74, 6) is -5.13. The third kappa shape index (κ3) is 1.68. The zero-order valence-electron chi connectivity index (χ0n) is 6.97. The Hall–Kier alpha value is -1.98. The molecule has 0 aromatic carbocycles. The lowest BCUT2D eigenvalue weighted by molar-refractivity contribution is -0.140. The van der Waals surface area contributed by atoms with Crippen LogP contribution < -0.4 is 0 Å². The molecule has 1 rings (SSSR count). The first-order chi connectivity index (χ1) is 6.43. The van der Waals surface area contributed by atoms with E-state index in [0.717, 1.165) is 6.08 Å². The summed E-state index contributed by atoms with van der Waals surface area (Å²) in [6.45, 7) is 0. The van der Waals surface area contributed by atoms with Crippen LogP contribution in [0.5, 0.6) is 0 Å². The van der Waals surface area contributed by atoms with Crippen LogP contribution in [-0.4, -0.2) is 32.4 Å². The summed E-state index contributed by atoms with van der Waals surface area (Å²) in [4.78, 5) is 21.0. The molecule has 1 aliphatic rings. The average Bonchev–Trinajstić information content (AvgIpc) is 2.01. The van der Waals surface area contributed by atoms with Crippen molar-refractivity contribution in [2.45, 2.75) is 6.42 Å². The quantitative estimate of drug-likeness (QED) is 0.513. The van der Waals surface area contributed by atoms with Gasteiger partial charge in [-0.2, -0.15) is 0 Å². The first-order valence-corrected chi connectivity index (χ1v) is 3.73. The molecule has 4 N–H and O–H groups in total. The molecule has 6 nitrogen and oxygen atoms in total. The van der Waals surface area contributed by atoms with Crippen LogP contribution in [0.25, 0.3) is 0 Å². The number of hydrogen-bond acceptors (Lipinski definition) is 4. The van der Waals surface area contributed by atoms with Gasteiger partial charge in [-0.15, -0.1) is 0 Å². The maximum Gasteiger partial charge on any atom is 0.342 e. The molecule has 0 bridgehead atoms. The van der Waals surface area contributed by atoms with Crippen molar-refractivity contribution in [2.24, 2.45) is 5.92 Å². The summed E-state index contributed by atoms with van der Waals surface area (Å²) in [6.07, 6.45) is 0.576. The first kappa shape index (κ1) is 10.1. The molecule has 0 amide bonds. The van der Waals surface area contributed by atoms with Gasteiger partial charge in [0.05, 0.1) is 5.92 Å². The number of hydrogen-bond donors (Lipinski definition) is 4. The number of carbonyl (C=O) groups is 2. The van der Waals surface area contributed by atoms with Gasteiger partial charge in [-0.05, 0) is 6.08 Å². The molecule has 0 fully saturated rings. The second kappa shape index (κ2) is 3.41. The van der Waals surface area contributed by atoms with Crippen LogP contribution in [0.4, 0.5) is 0 Å². The number of allylic oxidation sites excluding steroid dienone is 1. The van der Waals surface area contributed by atoms with Gasteiger partial charge in [-0.3, -0.25) is 4.79 Å². The van der Waals surface area contributed by atoms with Crippen LogP contribution in [0.2, 0.25) is 0 Å². The van der Waals surface area contributed by atoms with E-state index in [2.05, 4.69) is 0 Å². The van der Waals surface area contributed by atoms with E-state index >= 15 is 0 Å². The third-order valence-corrected chi connectivity index (χ3v) is 1.85. The standard InChI is InChI=1S/C8H8O6/c9-4-1-3(7(11)12)2-5(10)6(4)8(13)14/h1,3,9-10H,2H2,(H,11,12)(H,13,14). The molecule has 0 heterocycles. The molecule has 0 radical (unpaired) electrons. The zero-order valence-corrected chi connectivity index (χ0v) is 6.97. The van der Waals surface area contributed by atoms with Crippen molar-refractivity contribution in [2.75, 3.05) is 0 Å². The summed E-state index contributed by atoms with van der Waals surface area (Å²) in [7, 11) is 0. The van der Waals surface area contributed by atoms with Crippen molar-refractivity contribution in [3.63, 3.8) is 0 Å². The topological polar surface area (TPSA) is 115 Å². The molecule has 0 aromatic heterocycles. The van der Waals surface area contributed by atoms with E-state index in [0.29, 0.717) is 0 Å². The summed E-state index contributed by atoms with van der Waals surface area (Å²) in [6, 6.07) is 0. The Balaban J connectivity index is 3.05. The van der Waals surface area contributed by atoms with Crippen LogP contribution in [0.3, 0.4) is 0 Å². The van der Waals surface area contributed by atoms with Crippen LogP contribution in [0.15, 0.2) is 23.2 Å². The first-order valence-electron chi connectivity index (χ1n) is 3.73. The molecule has 0 aliphatic heterocycles. The highest BCUT2D eigenvalue weighted by Gasteiger charge is 2.29. The lowest BCUT2D eigenvalue weighted by Gasteiger charge is -2.15. The Bertz CT molecular complexity index is 351. The fourth-order valence-corrected chi connectivity index (χ4v) is 1.18. The summed E-state index contributed by atoms with van der Waals surface area (Å²) in [5, 5.41) is 35.4. The van der Waals surface area contributed by atoms with Gasteiger partial charge in [0, 0.05) is 6.42 Å². The normalized spacial score (nSPS) is 21.7. The van der Waals surface area contributed by atoms with Crippen molar-refractivity contribution in [3.8, 4) is 0 Å². The van der Waals surface area contributed by atoms with Gasteiger partial charge in [0.1, 0.15) is 17.1 Å². The van der Waals surface area contributed by atoms with Crippen molar-refractivity contribution >= 4 is 11.9 Å². The molecule has 0 spiro atoms. The van der Waals surface area contributed by atoms with E-state index in [1.807, 2.05) is 0 Å². The Morgan fingerprint density at radius 1 is 1.29 bits per heavy atom. The van der Waals surface area contributed by atoms with Gasteiger partial charge < -0.3 is 20.4 Å². The van der Waals surface area contributed by atoms with E-state index < -0.39 is 34.9 Å². The fraction of sp³-hybridized carbons (Fsp3) is 0.250. The zero-order chi connectivity index (χ0) is 10.9. The molecular formula is C8H8O6. The summed E-state index contributed by atoms with van der Waals surface area (Å²) in [5.41, 5.74) is -0.637. The monoisotopic (exact) mass is 200 g/mol. The number of aliphatic carboxylic acids is 2. The van der Waals surface area contributed by atoms with Gasteiger partial charge in [-0.25, -0.2) is 4.79 Å². The van der Waals surface area contributed by atoms with Gasteiger partial charge in [-0.1, -0.05) is 0 Å². The third-order valence-electron chi connectivity index (χ3n) is 1.85. The molecule has 6 heteroatoms. The van der Waals surface area contributed by atoms with E-state index in [9.17, 15) is 9.59 Å². The average molecular weight is 200 g/mol. The molecule has 0 saturated heterocycles. The Morgan fingerprint density at radius 2 is 1.86 bits per heavy atom. The van der Waals surface area contributed by atoms with Gasteiger partial charge in [0.2, 0.25) is 0 Å². The molecule has 1 atom stereocenters. The second-order valence-electron chi connectivity index (χ2n) is 2.83. The van der Waals surface area contributed by atoms with Crippen molar-refractivity contribution < 1.29 is 30.0 Å². The highest BCUT2D eigenvalue weighted by atomic mass is 16.4. The van der Waals surface area contributed by atoms with Crippen molar-refractivity contribution in [1.29, 1.82) is 0 Å². The molecule has 1 aliphatic carbocycles. The molecule has 14 heavy (non-hydrogen) atoms. The Kier molecular flexibility index (Phi) is 2.46. The minimum Gasteiger partial charge on any atom is -0.511 e. The van der Waals surface area contributed by atoms with Gasteiger partial charge >= 0.3 is 11.9 Å². The predicted octanol–water partition coefficient (Wildman–Crippen LogP) is 0.430. The molecular weight excluding hydrogens is 192 g/mol. The number of carboxylic acid groups (broad SMARTS) is 2. The minimum atomic E-state index is -1.49. The van der Waals surface area contributed by atoms with Crippen LogP contribution in [0.1, 0.15) is 6.42 Å². The fourth-order valence-electron chi connectivity index (χ4n) is 1.18. The Morgan fingerprint density at radius 3 is 2.21 bits per heavy atom. The number of aliphatic hydroxyl groups excluding tert-OH is 2. The van der Waals surface area contributed by atoms with Gasteiger partial charge in [0.15, 0.2) is 0 Å². The molecule has 76 valence electrons. The second-order valence-corrected chi connectivity index (χ2v) is 2.83. The van der Waals surface area contributed by atoms with E-state index in [-0.39, 0.29) is 6.42 Å². The highest BCUT2D eigenvalue weighted by Crippen LogP contribution is 2.26. The number of aliphatic hydroxyl groups is 2. The lowest BCUT2D eigenvalue weighted by Crippen LogP contribution is -2.20. The van der Waals surface area contributed by atoms with E-state index in [1.54, 1.807) is 0 Å². The molecule has 0 saturated carbocycles. The Labute approximate surface area is 78.4 Å². The lowest BCUT2D eigenvalue weighted by atomic mass is 9.94. The van der Waals surface area contributed by atoms with E-state index in [1.165, 1.54) is 0 Å². The maximum absolute atomic E-state index is 10.5. The van der Waals surface area contributed by atoms with Crippen molar-refractivity contribution in [1.82, 2.24) is 0 Å². The summed E-state index contributed by atoms with van der Waals surface area (Å²) >= 11 is 0. The van der Waals surface area contributed by atoms with Crippen LogP contribution >= 0.6 is 0 Å². The molecule has 0 aromatic rings. The van der Waals surface area contributed by atoms with Crippen LogP contribution in [0, 0.1) is 5.92 Å². The van der Waals surface area contributed by atoms with Crippen LogP contribution in [-0.2, 0) is 9.59 Å². The largest absolute Gasteiger partial charge is 0.511 e. The predicted molar refractivity (Wildman–Crippen MR) is 43.7 cm³/mol. The van der Waals surface area contributed by atoms with Crippen molar-refractivity contribution in [3.05, 3.63) is 23.2 Å². The highest BCUT2D eigenvalue weighted by molar-refractivity contribution is 5.92. The maximum atomic E-state index is 10.5. The van der Waals surface area contributed by atoms with E-state index in [4.69, 9.17) is 20.4 Å². The number of rotatable bonds is 2. The van der Waals surface area contributed by atoms with Gasteiger partial charge in [0.25, 0.3) is 0 Å². The molecule has 1 unspecified atom stereocenters. The number of carboxylic acids is 2. The smallest absolute Gasteiger partial charge is 0.342 e.